The van der Waals surface area contributed by atoms with Gasteiger partial charge < -0.3 is 4.98 Å². The second kappa shape index (κ2) is 4.54. The lowest BCUT2D eigenvalue weighted by Gasteiger charge is -2.22. The Morgan fingerprint density at radius 2 is 1.67 bits per heavy atom. The van der Waals surface area contributed by atoms with Gasteiger partial charge in [0.25, 0.3) is 0 Å². The summed E-state index contributed by atoms with van der Waals surface area (Å²) in [6, 6.07) is 4.55. The first-order valence-corrected chi connectivity index (χ1v) is 6.91. The molecule has 0 aliphatic rings. The minimum absolute atomic E-state index is 0.183. The number of benzene rings is 1. The number of imidazole rings is 1. The molecule has 0 amide bonds. The molecule has 0 unspecified atom stereocenters. The van der Waals surface area contributed by atoms with E-state index in [4.69, 9.17) is 0 Å². The predicted molar refractivity (Wildman–Crippen MR) is 79.9 cm³/mol. The van der Waals surface area contributed by atoms with E-state index in [0.717, 1.165) is 10.4 Å². The molecule has 3 heteroatoms. The Kier molecular flexibility index (Phi) is 3.37. The van der Waals surface area contributed by atoms with Gasteiger partial charge in [-0.2, -0.15) is 0 Å². The standard InChI is InChI=1S/C15H19BrN2/c1-9-6-11(15(3,4)5)7-10(2)13(9)12-8-17-14(16)18-12/h6-8H,1-5H3,(H,17,18). The third kappa shape index (κ3) is 2.51. The summed E-state index contributed by atoms with van der Waals surface area (Å²) in [4.78, 5) is 7.45. The smallest absolute Gasteiger partial charge is 0.174 e. The Morgan fingerprint density at radius 1 is 1.11 bits per heavy atom. The molecule has 0 atom stereocenters. The highest BCUT2D eigenvalue weighted by molar-refractivity contribution is 9.10. The fourth-order valence-corrected chi connectivity index (χ4v) is 2.56. The van der Waals surface area contributed by atoms with Crippen LogP contribution < -0.4 is 0 Å². The van der Waals surface area contributed by atoms with Crippen molar-refractivity contribution in [1.29, 1.82) is 0 Å². The molecule has 0 fully saturated rings. The summed E-state index contributed by atoms with van der Waals surface area (Å²) >= 11 is 3.36. The molecule has 18 heavy (non-hydrogen) atoms. The van der Waals surface area contributed by atoms with Gasteiger partial charge in [0.2, 0.25) is 0 Å². The van der Waals surface area contributed by atoms with Crippen molar-refractivity contribution in [2.75, 3.05) is 0 Å². The second-order valence-electron chi connectivity index (χ2n) is 5.82. The summed E-state index contributed by atoms with van der Waals surface area (Å²) in [7, 11) is 0. The van der Waals surface area contributed by atoms with E-state index in [0.29, 0.717) is 0 Å². The molecular formula is C15H19BrN2. The third-order valence-corrected chi connectivity index (χ3v) is 3.62. The highest BCUT2D eigenvalue weighted by Gasteiger charge is 2.17. The van der Waals surface area contributed by atoms with Crippen molar-refractivity contribution in [3.63, 3.8) is 0 Å². The Morgan fingerprint density at radius 3 is 2.06 bits per heavy atom. The molecule has 0 radical (unpaired) electrons. The van der Waals surface area contributed by atoms with Crippen LogP contribution in [0.4, 0.5) is 0 Å². The van der Waals surface area contributed by atoms with E-state index in [1.807, 2.05) is 6.20 Å². The molecule has 2 rings (SSSR count). The summed E-state index contributed by atoms with van der Waals surface area (Å²) < 4.78 is 0.774. The quantitative estimate of drug-likeness (QED) is 0.809. The number of rotatable bonds is 1. The zero-order valence-electron chi connectivity index (χ0n) is 11.6. The third-order valence-electron chi connectivity index (χ3n) is 3.21. The molecule has 96 valence electrons. The number of aromatic amines is 1. The van der Waals surface area contributed by atoms with E-state index < -0.39 is 0 Å². The van der Waals surface area contributed by atoms with Gasteiger partial charge in [-0.1, -0.05) is 32.9 Å². The van der Waals surface area contributed by atoms with Gasteiger partial charge in [0.15, 0.2) is 4.73 Å². The Balaban J connectivity index is 2.58. The molecule has 1 aromatic carbocycles. The van der Waals surface area contributed by atoms with E-state index >= 15 is 0 Å². The molecule has 1 N–H and O–H groups in total. The monoisotopic (exact) mass is 306 g/mol. The summed E-state index contributed by atoms with van der Waals surface area (Å²) in [5, 5.41) is 0. The molecule has 0 saturated carbocycles. The number of aryl methyl sites for hydroxylation is 2. The summed E-state index contributed by atoms with van der Waals surface area (Å²) in [5.41, 5.74) is 6.45. The van der Waals surface area contributed by atoms with Crippen LogP contribution >= 0.6 is 15.9 Å². The van der Waals surface area contributed by atoms with Gasteiger partial charge in [0.05, 0.1) is 11.9 Å². The molecule has 0 aliphatic heterocycles. The van der Waals surface area contributed by atoms with Crippen LogP contribution in [0.1, 0.15) is 37.5 Å². The lowest BCUT2D eigenvalue weighted by atomic mass is 9.83. The highest BCUT2D eigenvalue weighted by Crippen LogP contribution is 2.32. The summed E-state index contributed by atoms with van der Waals surface area (Å²) in [5.74, 6) is 0. The largest absolute Gasteiger partial charge is 0.333 e. The molecule has 1 heterocycles. The van der Waals surface area contributed by atoms with Crippen molar-refractivity contribution in [3.8, 4) is 11.3 Å². The first kappa shape index (κ1) is 13.3. The van der Waals surface area contributed by atoms with Crippen LogP contribution in [0.5, 0.6) is 0 Å². The maximum atomic E-state index is 4.21. The Bertz CT molecular complexity index is 553. The minimum Gasteiger partial charge on any atom is -0.333 e. The lowest BCUT2D eigenvalue weighted by molar-refractivity contribution is 0.589. The van der Waals surface area contributed by atoms with Gasteiger partial charge in [-0.25, -0.2) is 4.98 Å². The normalized spacial score (nSPS) is 11.9. The van der Waals surface area contributed by atoms with Crippen LogP contribution in [0.25, 0.3) is 11.3 Å². The molecule has 2 aromatic rings. The van der Waals surface area contributed by atoms with Gasteiger partial charge in [-0.15, -0.1) is 0 Å². The van der Waals surface area contributed by atoms with Crippen molar-refractivity contribution < 1.29 is 0 Å². The Labute approximate surface area is 117 Å². The fourth-order valence-electron chi connectivity index (χ4n) is 2.25. The van der Waals surface area contributed by atoms with E-state index in [-0.39, 0.29) is 5.41 Å². The van der Waals surface area contributed by atoms with Crippen molar-refractivity contribution in [2.45, 2.75) is 40.0 Å². The molecule has 1 aromatic heterocycles. The molecule has 0 bridgehead atoms. The van der Waals surface area contributed by atoms with Crippen LogP contribution in [-0.2, 0) is 5.41 Å². The van der Waals surface area contributed by atoms with Gasteiger partial charge in [0, 0.05) is 5.56 Å². The number of H-pyrrole nitrogens is 1. The predicted octanol–water partition coefficient (Wildman–Crippen LogP) is 4.75. The van der Waals surface area contributed by atoms with Crippen LogP contribution in [-0.4, -0.2) is 9.97 Å². The molecule has 0 saturated heterocycles. The number of aromatic nitrogens is 2. The van der Waals surface area contributed by atoms with E-state index in [2.05, 4.69) is 72.6 Å². The molecule has 2 nitrogen and oxygen atoms in total. The van der Waals surface area contributed by atoms with Crippen molar-refractivity contribution in [1.82, 2.24) is 9.97 Å². The zero-order valence-corrected chi connectivity index (χ0v) is 13.1. The average molecular weight is 307 g/mol. The van der Waals surface area contributed by atoms with Crippen LogP contribution in [0.3, 0.4) is 0 Å². The first-order valence-electron chi connectivity index (χ1n) is 6.11. The fraction of sp³-hybridized carbons (Fsp3) is 0.400. The lowest BCUT2D eigenvalue weighted by Crippen LogP contribution is -2.12. The van der Waals surface area contributed by atoms with Crippen LogP contribution in [0.2, 0.25) is 0 Å². The topological polar surface area (TPSA) is 28.7 Å². The van der Waals surface area contributed by atoms with E-state index in [1.165, 1.54) is 22.3 Å². The molecule has 0 spiro atoms. The second-order valence-corrected chi connectivity index (χ2v) is 6.57. The van der Waals surface area contributed by atoms with E-state index in [9.17, 15) is 0 Å². The van der Waals surface area contributed by atoms with E-state index in [1.54, 1.807) is 0 Å². The summed E-state index contributed by atoms with van der Waals surface area (Å²) in [6.07, 6.45) is 1.87. The maximum absolute atomic E-state index is 4.21. The van der Waals surface area contributed by atoms with Crippen molar-refractivity contribution >= 4 is 15.9 Å². The maximum Gasteiger partial charge on any atom is 0.174 e. The molecular weight excluding hydrogens is 288 g/mol. The minimum atomic E-state index is 0.183. The average Bonchev–Trinajstić information content (AvgIpc) is 2.62. The van der Waals surface area contributed by atoms with Gasteiger partial charge >= 0.3 is 0 Å². The van der Waals surface area contributed by atoms with Gasteiger partial charge in [0.1, 0.15) is 0 Å². The van der Waals surface area contributed by atoms with Crippen LogP contribution in [0.15, 0.2) is 23.1 Å². The number of hydrogen-bond acceptors (Lipinski definition) is 1. The Hall–Kier alpha value is -1.09. The van der Waals surface area contributed by atoms with Gasteiger partial charge in [-0.05, 0) is 51.9 Å². The number of hydrogen-bond donors (Lipinski definition) is 1. The van der Waals surface area contributed by atoms with Crippen molar-refractivity contribution in [2.24, 2.45) is 0 Å². The number of halogens is 1. The first-order chi connectivity index (χ1) is 8.29. The molecule has 0 aliphatic carbocycles. The summed E-state index contributed by atoms with van der Waals surface area (Å²) in [6.45, 7) is 11.0. The van der Waals surface area contributed by atoms with Crippen LogP contribution in [0, 0.1) is 13.8 Å². The number of nitrogens with zero attached hydrogens (tertiary/aromatic N) is 1. The van der Waals surface area contributed by atoms with Gasteiger partial charge in [-0.3, -0.25) is 0 Å². The highest BCUT2D eigenvalue weighted by atomic mass is 79.9. The van der Waals surface area contributed by atoms with Crippen molar-refractivity contribution in [3.05, 3.63) is 39.8 Å². The SMILES string of the molecule is Cc1cc(C(C)(C)C)cc(C)c1-c1cnc(Br)[nH]1. The number of nitrogens with one attached hydrogen (secondary N) is 1. The zero-order chi connectivity index (χ0) is 13.5.